The predicted molar refractivity (Wildman–Crippen MR) is 120 cm³/mol. The molecule has 7 nitrogen and oxygen atoms in total. The molecular weight excluding hydrogens is 464 g/mol. The maximum absolute atomic E-state index is 12.4. The summed E-state index contributed by atoms with van der Waals surface area (Å²) in [5.41, 5.74) is 6.80. The molecule has 0 aliphatic rings. The first-order valence-corrected chi connectivity index (χ1v) is 10.1. The lowest BCUT2D eigenvalue weighted by Gasteiger charge is -2.13. The smallest absolute Gasteiger partial charge is 0.276 e. The summed E-state index contributed by atoms with van der Waals surface area (Å²) >= 11 is 3.34. The summed E-state index contributed by atoms with van der Waals surface area (Å²) in [5.74, 6) is 0.389. The van der Waals surface area contributed by atoms with E-state index in [0.717, 1.165) is 11.1 Å². The molecule has 0 aliphatic heterocycles. The van der Waals surface area contributed by atoms with Crippen LogP contribution in [0.2, 0.25) is 0 Å². The van der Waals surface area contributed by atoms with E-state index in [0.29, 0.717) is 21.7 Å². The highest BCUT2D eigenvalue weighted by Crippen LogP contribution is 2.35. The molecule has 0 saturated carbocycles. The van der Waals surface area contributed by atoms with Gasteiger partial charge in [-0.2, -0.15) is 0 Å². The average Bonchev–Trinajstić information content (AvgIpc) is 2.82. The van der Waals surface area contributed by atoms with Crippen molar-refractivity contribution >= 4 is 27.7 Å². The molecule has 0 atom stereocenters. The van der Waals surface area contributed by atoms with E-state index in [1.807, 2.05) is 48.5 Å². The minimum Gasteiger partial charge on any atom is -0.495 e. The zero-order valence-corrected chi connectivity index (χ0v) is 18.6. The third kappa shape index (κ3) is 5.55. The van der Waals surface area contributed by atoms with Crippen molar-refractivity contribution in [3.8, 4) is 28.4 Å². The summed E-state index contributed by atoms with van der Waals surface area (Å²) in [4.78, 5) is 24.6. The van der Waals surface area contributed by atoms with Gasteiger partial charge < -0.3 is 14.2 Å². The molecule has 3 aromatic rings. The number of rotatable bonds is 7. The number of para-hydroxylation sites is 1. The number of methoxy groups -OCH3 is 2. The summed E-state index contributed by atoms with van der Waals surface area (Å²) in [6, 6.07) is 20.2. The Morgan fingerprint density at radius 1 is 0.839 bits per heavy atom. The maximum Gasteiger partial charge on any atom is 0.276 e. The summed E-state index contributed by atoms with van der Waals surface area (Å²) in [6.07, 6.45) is 0. The van der Waals surface area contributed by atoms with Crippen LogP contribution in [0.5, 0.6) is 17.2 Å². The number of halogens is 1. The van der Waals surface area contributed by atoms with Crippen LogP contribution in [0, 0.1) is 0 Å². The average molecular weight is 485 g/mol. The molecule has 0 fully saturated rings. The molecule has 31 heavy (non-hydrogen) atoms. The van der Waals surface area contributed by atoms with Gasteiger partial charge >= 0.3 is 0 Å². The van der Waals surface area contributed by atoms with E-state index in [4.69, 9.17) is 14.2 Å². The molecule has 3 rings (SSSR count). The zero-order valence-electron chi connectivity index (χ0n) is 17.0. The van der Waals surface area contributed by atoms with E-state index >= 15 is 0 Å². The quantitative estimate of drug-likeness (QED) is 0.495. The van der Waals surface area contributed by atoms with Gasteiger partial charge in [0.15, 0.2) is 6.61 Å². The molecule has 2 amide bonds. The van der Waals surface area contributed by atoms with Crippen LogP contribution in [-0.2, 0) is 4.79 Å². The molecule has 0 heterocycles. The molecule has 0 unspecified atom stereocenters. The first-order valence-electron chi connectivity index (χ1n) is 9.31. The lowest BCUT2D eigenvalue weighted by molar-refractivity contribution is -0.123. The van der Waals surface area contributed by atoms with Gasteiger partial charge in [0.25, 0.3) is 11.8 Å². The number of hydrazine groups is 1. The Bertz CT molecular complexity index is 1050. The van der Waals surface area contributed by atoms with Crippen LogP contribution in [-0.4, -0.2) is 32.6 Å². The van der Waals surface area contributed by atoms with Crippen LogP contribution in [0.25, 0.3) is 11.1 Å². The Kier molecular flexibility index (Phi) is 7.50. The molecule has 2 N–H and O–H groups in total. The topological polar surface area (TPSA) is 85.9 Å². The van der Waals surface area contributed by atoms with Crippen LogP contribution in [0.3, 0.4) is 0 Å². The fourth-order valence-corrected chi connectivity index (χ4v) is 3.38. The van der Waals surface area contributed by atoms with Gasteiger partial charge in [0.2, 0.25) is 0 Å². The van der Waals surface area contributed by atoms with E-state index in [1.54, 1.807) is 6.07 Å². The third-order valence-corrected chi connectivity index (χ3v) is 5.14. The van der Waals surface area contributed by atoms with Crippen LogP contribution in [0.15, 0.2) is 71.2 Å². The summed E-state index contributed by atoms with van der Waals surface area (Å²) in [5, 5.41) is 0. The molecule has 0 spiro atoms. The highest BCUT2D eigenvalue weighted by atomic mass is 79.9. The fourth-order valence-electron chi connectivity index (χ4n) is 2.83. The molecule has 0 aromatic heterocycles. The third-order valence-electron chi connectivity index (χ3n) is 4.35. The Balaban J connectivity index is 1.60. The molecule has 0 aliphatic carbocycles. The molecule has 0 radical (unpaired) electrons. The van der Waals surface area contributed by atoms with Crippen molar-refractivity contribution < 1.29 is 23.8 Å². The number of amides is 2. The largest absolute Gasteiger partial charge is 0.495 e. The number of hydrogen-bond donors (Lipinski definition) is 2. The summed E-state index contributed by atoms with van der Waals surface area (Å²) < 4.78 is 16.7. The number of ether oxygens (including phenoxy) is 3. The number of carbonyl (C=O) groups excluding carboxylic acids is 2. The molecule has 3 aromatic carbocycles. The Hall–Kier alpha value is -3.52. The monoisotopic (exact) mass is 484 g/mol. The normalized spacial score (nSPS) is 10.2. The van der Waals surface area contributed by atoms with Gasteiger partial charge in [-0.15, -0.1) is 0 Å². The second-order valence-electron chi connectivity index (χ2n) is 6.35. The van der Waals surface area contributed by atoms with Crippen LogP contribution < -0.4 is 25.1 Å². The number of benzene rings is 3. The highest BCUT2D eigenvalue weighted by molar-refractivity contribution is 9.10. The second kappa shape index (κ2) is 10.5. The van der Waals surface area contributed by atoms with Crippen molar-refractivity contribution in [3.63, 3.8) is 0 Å². The Labute approximate surface area is 188 Å². The first-order chi connectivity index (χ1) is 15.0. The van der Waals surface area contributed by atoms with E-state index in [9.17, 15) is 9.59 Å². The van der Waals surface area contributed by atoms with Gasteiger partial charge in [-0.25, -0.2) is 0 Å². The number of nitrogens with one attached hydrogen (secondary N) is 2. The lowest BCUT2D eigenvalue weighted by atomic mass is 10.1. The van der Waals surface area contributed by atoms with Crippen molar-refractivity contribution in [2.75, 3.05) is 20.8 Å². The minimum absolute atomic E-state index is 0.257. The highest BCUT2D eigenvalue weighted by Gasteiger charge is 2.15. The van der Waals surface area contributed by atoms with Crippen molar-refractivity contribution in [1.82, 2.24) is 10.9 Å². The number of hydrogen-bond acceptors (Lipinski definition) is 5. The van der Waals surface area contributed by atoms with Crippen LogP contribution in [0.1, 0.15) is 10.4 Å². The van der Waals surface area contributed by atoms with Crippen molar-refractivity contribution in [3.05, 3.63) is 76.8 Å². The molecule has 160 valence electrons. The zero-order chi connectivity index (χ0) is 22.2. The van der Waals surface area contributed by atoms with Gasteiger partial charge in [-0.3, -0.25) is 20.4 Å². The van der Waals surface area contributed by atoms with Crippen molar-refractivity contribution in [2.24, 2.45) is 0 Å². The summed E-state index contributed by atoms with van der Waals surface area (Å²) in [7, 11) is 2.96. The SMILES string of the molecule is COc1cc(C(=O)NNC(=O)COc2ccccc2-c2ccccc2)cc(OC)c1Br. The van der Waals surface area contributed by atoms with Gasteiger partial charge in [0, 0.05) is 11.1 Å². The molecule has 0 bridgehead atoms. The van der Waals surface area contributed by atoms with E-state index in [-0.39, 0.29) is 12.2 Å². The minimum atomic E-state index is -0.526. The van der Waals surface area contributed by atoms with Crippen molar-refractivity contribution in [1.29, 1.82) is 0 Å². The Morgan fingerprint density at radius 2 is 1.45 bits per heavy atom. The van der Waals surface area contributed by atoms with Gasteiger partial charge in [0.1, 0.15) is 21.7 Å². The van der Waals surface area contributed by atoms with Gasteiger partial charge in [0.05, 0.1) is 14.2 Å². The molecule has 0 saturated heterocycles. The standard InChI is InChI=1S/C23H21BrN2O5/c1-29-19-12-16(13-20(30-2)22(19)24)23(28)26-25-21(27)14-31-18-11-7-6-10-17(18)15-8-4-3-5-9-15/h3-13H,14H2,1-2H3,(H,25,27)(H,26,28). The van der Waals surface area contributed by atoms with Gasteiger partial charge in [-0.1, -0.05) is 48.5 Å². The van der Waals surface area contributed by atoms with Gasteiger partial charge in [-0.05, 0) is 39.7 Å². The predicted octanol–water partition coefficient (Wildman–Crippen LogP) is 3.97. The molecule has 8 heteroatoms. The lowest BCUT2D eigenvalue weighted by Crippen LogP contribution is -2.43. The van der Waals surface area contributed by atoms with Crippen LogP contribution >= 0.6 is 15.9 Å². The number of carbonyl (C=O) groups is 2. The summed E-state index contributed by atoms with van der Waals surface area (Å²) in [6.45, 7) is -0.267. The van der Waals surface area contributed by atoms with E-state index in [2.05, 4.69) is 26.8 Å². The van der Waals surface area contributed by atoms with Crippen molar-refractivity contribution in [2.45, 2.75) is 0 Å². The fraction of sp³-hybridized carbons (Fsp3) is 0.130. The van der Waals surface area contributed by atoms with E-state index in [1.165, 1.54) is 26.4 Å². The Morgan fingerprint density at radius 3 is 2.10 bits per heavy atom. The second-order valence-corrected chi connectivity index (χ2v) is 7.14. The first kappa shape index (κ1) is 22.2. The maximum atomic E-state index is 12.4. The molecular formula is C23H21BrN2O5. The van der Waals surface area contributed by atoms with E-state index < -0.39 is 11.8 Å². The van der Waals surface area contributed by atoms with Crippen LogP contribution in [0.4, 0.5) is 0 Å².